The Labute approximate surface area is 121 Å². The third-order valence-corrected chi connectivity index (χ3v) is 4.07. The highest BCUT2D eigenvalue weighted by atomic mass is 16.4. The van der Waals surface area contributed by atoms with E-state index >= 15 is 0 Å². The van der Waals surface area contributed by atoms with Gasteiger partial charge in [0.1, 0.15) is 6.04 Å². The van der Waals surface area contributed by atoms with Gasteiger partial charge in [-0.05, 0) is 31.2 Å². The molecule has 0 aromatic rings. The molecular weight excluding hydrogens is 256 g/mol. The minimum Gasteiger partial charge on any atom is -0.480 e. The van der Waals surface area contributed by atoms with E-state index in [-0.39, 0.29) is 5.91 Å². The Morgan fingerprint density at radius 2 is 2.05 bits per heavy atom. The van der Waals surface area contributed by atoms with Gasteiger partial charge in [-0.15, -0.1) is 0 Å². The summed E-state index contributed by atoms with van der Waals surface area (Å²) in [5.41, 5.74) is -0.955. The summed E-state index contributed by atoms with van der Waals surface area (Å²) in [6.07, 6.45) is 3.50. The molecule has 3 N–H and O–H groups in total. The van der Waals surface area contributed by atoms with Gasteiger partial charge in [0, 0.05) is 6.54 Å². The summed E-state index contributed by atoms with van der Waals surface area (Å²) < 4.78 is 0. The van der Waals surface area contributed by atoms with Crippen LogP contribution < -0.4 is 10.6 Å². The standard InChI is InChI=1S/C15H28N2O3/c1-5-7-15(8-6-9-16-10-15)13(20)17-11(12(18)19)14(2,3)4/h11,16H,5-10H2,1-4H3,(H,17,20)(H,18,19)/t11-,15?/m1/s1. The number of piperidine rings is 1. The molecule has 0 aromatic carbocycles. The number of carbonyl (C=O) groups is 2. The Morgan fingerprint density at radius 1 is 1.40 bits per heavy atom. The van der Waals surface area contributed by atoms with Crippen LogP contribution in [0.5, 0.6) is 0 Å². The summed E-state index contributed by atoms with van der Waals surface area (Å²) in [4.78, 5) is 24.1. The molecule has 1 rings (SSSR count). The topological polar surface area (TPSA) is 78.4 Å². The van der Waals surface area contributed by atoms with Gasteiger partial charge in [-0.3, -0.25) is 4.79 Å². The normalized spacial score (nSPS) is 25.0. The van der Waals surface area contributed by atoms with E-state index in [1.54, 1.807) is 0 Å². The highest BCUT2D eigenvalue weighted by molar-refractivity contribution is 5.88. The Morgan fingerprint density at radius 3 is 2.45 bits per heavy atom. The molecule has 0 saturated carbocycles. The summed E-state index contributed by atoms with van der Waals surface area (Å²) in [5, 5.41) is 15.4. The number of amides is 1. The zero-order valence-corrected chi connectivity index (χ0v) is 13.1. The van der Waals surface area contributed by atoms with Crippen LogP contribution in [0.2, 0.25) is 0 Å². The second-order valence-corrected chi connectivity index (χ2v) is 6.92. The smallest absolute Gasteiger partial charge is 0.326 e. The number of hydrogen-bond donors (Lipinski definition) is 3. The van der Waals surface area contributed by atoms with Crippen molar-refractivity contribution >= 4 is 11.9 Å². The van der Waals surface area contributed by atoms with Crippen LogP contribution in [0.1, 0.15) is 53.4 Å². The molecule has 1 fully saturated rings. The van der Waals surface area contributed by atoms with Crippen molar-refractivity contribution in [3.8, 4) is 0 Å². The molecule has 5 heteroatoms. The first-order valence-electron chi connectivity index (χ1n) is 7.47. The van der Waals surface area contributed by atoms with Crippen LogP contribution in [0.3, 0.4) is 0 Å². The van der Waals surface area contributed by atoms with Crippen LogP contribution >= 0.6 is 0 Å². The van der Waals surface area contributed by atoms with Crippen LogP contribution in [0.4, 0.5) is 0 Å². The molecular formula is C15H28N2O3. The van der Waals surface area contributed by atoms with E-state index in [9.17, 15) is 14.7 Å². The molecule has 0 bridgehead atoms. The summed E-state index contributed by atoms with van der Waals surface area (Å²) in [5.74, 6) is -1.09. The fourth-order valence-corrected chi connectivity index (χ4v) is 2.90. The quantitative estimate of drug-likeness (QED) is 0.719. The lowest BCUT2D eigenvalue weighted by atomic mass is 9.75. The first-order chi connectivity index (χ1) is 9.23. The average molecular weight is 284 g/mol. The molecule has 1 heterocycles. The van der Waals surface area contributed by atoms with E-state index in [2.05, 4.69) is 17.6 Å². The molecule has 2 atom stereocenters. The van der Waals surface area contributed by atoms with Gasteiger partial charge in [-0.25, -0.2) is 4.79 Å². The van der Waals surface area contributed by atoms with Gasteiger partial charge in [0.05, 0.1) is 5.41 Å². The van der Waals surface area contributed by atoms with Crippen LogP contribution in [0.25, 0.3) is 0 Å². The third kappa shape index (κ3) is 3.95. The van der Waals surface area contributed by atoms with Crippen molar-refractivity contribution in [1.82, 2.24) is 10.6 Å². The van der Waals surface area contributed by atoms with E-state index in [0.717, 1.165) is 32.2 Å². The average Bonchev–Trinajstić information content (AvgIpc) is 2.35. The first-order valence-corrected chi connectivity index (χ1v) is 7.47. The van der Waals surface area contributed by atoms with Crippen molar-refractivity contribution in [3.05, 3.63) is 0 Å². The Bertz CT molecular complexity index is 349. The molecule has 0 aliphatic carbocycles. The maximum atomic E-state index is 12.7. The van der Waals surface area contributed by atoms with Crippen molar-refractivity contribution in [3.63, 3.8) is 0 Å². The second kappa shape index (κ2) is 6.57. The third-order valence-electron chi connectivity index (χ3n) is 4.07. The van der Waals surface area contributed by atoms with Crippen molar-refractivity contribution in [1.29, 1.82) is 0 Å². The SMILES string of the molecule is CCCC1(C(=O)N[C@H](C(=O)O)C(C)(C)C)CCCNC1. The van der Waals surface area contributed by atoms with Gasteiger partial charge < -0.3 is 15.7 Å². The number of carbonyl (C=O) groups excluding carboxylic acids is 1. The number of carboxylic acid groups (broad SMARTS) is 1. The largest absolute Gasteiger partial charge is 0.480 e. The highest BCUT2D eigenvalue weighted by Crippen LogP contribution is 2.33. The fourth-order valence-electron chi connectivity index (χ4n) is 2.90. The molecule has 20 heavy (non-hydrogen) atoms. The molecule has 1 unspecified atom stereocenters. The summed E-state index contributed by atoms with van der Waals surface area (Å²) in [6.45, 7) is 9.12. The van der Waals surface area contributed by atoms with Crippen molar-refractivity contribution in [2.24, 2.45) is 10.8 Å². The summed E-state index contributed by atoms with van der Waals surface area (Å²) in [7, 11) is 0. The number of nitrogens with one attached hydrogen (secondary N) is 2. The van der Waals surface area contributed by atoms with E-state index in [1.165, 1.54) is 0 Å². The summed E-state index contributed by atoms with van der Waals surface area (Å²) >= 11 is 0. The minimum absolute atomic E-state index is 0.117. The van der Waals surface area contributed by atoms with Crippen LogP contribution in [0.15, 0.2) is 0 Å². The zero-order valence-electron chi connectivity index (χ0n) is 13.1. The molecule has 0 aromatic heterocycles. The van der Waals surface area contributed by atoms with E-state index in [1.807, 2.05) is 20.8 Å². The minimum atomic E-state index is -0.971. The van der Waals surface area contributed by atoms with Crippen molar-refractivity contribution in [2.75, 3.05) is 13.1 Å². The molecule has 1 aliphatic heterocycles. The predicted octanol–water partition coefficient (Wildman–Crippen LogP) is 1.77. The Hall–Kier alpha value is -1.10. The Balaban J connectivity index is 2.87. The number of carboxylic acids is 1. The summed E-state index contributed by atoms with van der Waals surface area (Å²) in [6, 6.07) is -0.856. The zero-order chi connectivity index (χ0) is 15.4. The molecule has 5 nitrogen and oxygen atoms in total. The molecule has 0 radical (unpaired) electrons. The van der Waals surface area contributed by atoms with Gasteiger partial charge in [0.15, 0.2) is 0 Å². The van der Waals surface area contributed by atoms with Gasteiger partial charge in [-0.1, -0.05) is 34.1 Å². The fraction of sp³-hybridized carbons (Fsp3) is 0.867. The van der Waals surface area contributed by atoms with Gasteiger partial charge in [0.2, 0.25) is 5.91 Å². The second-order valence-electron chi connectivity index (χ2n) is 6.92. The number of hydrogen-bond acceptors (Lipinski definition) is 3. The molecule has 116 valence electrons. The Kier molecular flexibility index (Phi) is 5.57. The first kappa shape index (κ1) is 17.0. The van der Waals surface area contributed by atoms with Crippen molar-refractivity contribution < 1.29 is 14.7 Å². The molecule has 1 amide bonds. The molecule has 0 spiro atoms. The van der Waals surface area contributed by atoms with E-state index < -0.39 is 22.8 Å². The number of rotatable bonds is 5. The van der Waals surface area contributed by atoms with Crippen molar-refractivity contribution in [2.45, 2.75) is 59.4 Å². The van der Waals surface area contributed by atoms with Gasteiger partial charge in [-0.2, -0.15) is 0 Å². The lowest BCUT2D eigenvalue weighted by Crippen LogP contribution is -2.57. The number of aliphatic carboxylic acids is 1. The maximum Gasteiger partial charge on any atom is 0.326 e. The monoisotopic (exact) mass is 284 g/mol. The van der Waals surface area contributed by atoms with E-state index in [4.69, 9.17) is 0 Å². The maximum absolute atomic E-state index is 12.7. The van der Waals surface area contributed by atoms with Crippen LogP contribution in [-0.4, -0.2) is 36.1 Å². The van der Waals surface area contributed by atoms with Crippen LogP contribution in [-0.2, 0) is 9.59 Å². The lowest BCUT2D eigenvalue weighted by Gasteiger charge is -2.38. The van der Waals surface area contributed by atoms with Gasteiger partial charge >= 0.3 is 5.97 Å². The molecule has 1 aliphatic rings. The van der Waals surface area contributed by atoms with Gasteiger partial charge in [0.25, 0.3) is 0 Å². The van der Waals surface area contributed by atoms with Crippen LogP contribution in [0, 0.1) is 10.8 Å². The predicted molar refractivity (Wildman–Crippen MR) is 78.5 cm³/mol. The van der Waals surface area contributed by atoms with E-state index in [0.29, 0.717) is 6.54 Å². The lowest BCUT2D eigenvalue weighted by molar-refractivity contribution is -0.147. The highest BCUT2D eigenvalue weighted by Gasteiger charge is 2.42. The molecule has 1 saturated heterocycles.